The number of benzene rings is 1. The molecule has 1 atom stereocenters. The van der Waals surface area contributed by atoms with Gasteiger partial charge in [0.2, 0.25) is 0 Å². The van der Waals surface area contributed by atoms with Crippen molar-refractivity contribution < 1.29 is 5.11 Å². The quantitative estimate of drug-likeness (QED) is 0.622. The zero-order valence-corrected chi connectivity index (χ0v) is 11.3. The molecule has 1 nitrogen and oxygen atoms in total. The third-order valence-electron chi connectivity index (χ3n) is 2.84. The Kier molecular flexibility index (Phi) is 3.89. The van der Waals surface area contributed by atoms with Crippen molar-refractivity contribution in [3.63, 3.8) is 0 Å². The van der Waals surface area contributed by atoms with Crippen LogP contribution in [0.3, 0.4) is 0 Å². The largest absolute Gasteiger partial charge is 0.385 e. The van der Waals surface area contributed by atoms with Gasteiger partial charge in [-0.1, -0.05) is 68.2 Å². The van der Waals surface area contributed by atoms with Crippen molar-refractivity contribution in [1.29, 1.82) is 0 Å². The average Bonchev–Trinajstić information content (AvgIpc) is 2.26. The van der Waals surface area contributed by atoms with Gasteiger partial charge in [0.15, 0.2) is 0 Å². The summed E-state index contributed by atoms with van der Waals surface area (Å²) in [5.41, 5.74) is 1.10. The van der Waals surface area contributed by atoms with Crippen LogP contribution in [0.15, 0.2) is 49.1 Å². The minimum atomic E-state index is -1.71. The number of hydrogen-bond donors (Lipinski definition) is 1. The summed E-state index contributed by atoms with van der Waals surface area (Å²) in [6.07, 6.45) is 5.47. The molecule has 0 aliphatic heterocycles. The van der Waals surface area contributed by atoms with Crippen LogP contribution in [-0.2, 0) is 0 Å². The summed E-state index contributed by atoms with van der Waals surface area (Å²) in [6, 6.07) is 9.99. The second kappa shape index (κ2) is 4.81. The predicted molar refractivity (Wildman–Crippen MR) is 74.0 cm³/mol. The summed E-state index contributed by atoms with van der Waals surface area (Å²) in [6.45, 7) is 10.1. The summed E-state index contributed by atoms with van der Waals surface area (Å²) in [7, 11) is -1.71. The minimum absolute atomic E-state index is 0.844. The van der Waals surface area contributed by atoms with E-state index in [0.29, 0.717) is 0 Å². The Labute approximate surface area is 99.1 Å². The zero-order valence-electron chi connectivity index (χ0n) is 10.3. The molecule has 2 heteroatoms. The molecular formula is C14H20OSi. The van der Waals surface area contributed by atoms with Crippen molar-refractivity contribution >= 4 is 14.1 Å². The maximum atomic E-state index is 10.5. The maximum Gasteiger partial charge on any atom is 0.0920 e. The highest BCUT2D eigenvalue weighted by Gasteiger charge is 2.36. The molecule has 16 heavy (non-hydrogen) atoms. The van der Waals surface area contributed by atoms with Gasteiger partial charge in [-0.2, -0.15) is 0 Å². The van der Waals surface area contributed by atoms with E-state index in [2.05, 4.69) is 26.2 Å². The van der Waals surface area contributed by atoms with E-state index < -0.39 is 13.3 Å². The molecule has 86 valence electrons. The lowest BCUT2D eigenvalue weighted by Crippen LogP contribution is -2.48. The summed E-state index contributed by atoms with van der Waals surface area (Å²) in [5.74, 6) is 0. The number of rotatable bonds is 4. The van der Waals surface area contributed by atoms with Crippen molar-refractivity contribution in [2.24, 2.45) is 0 Å². The first-order valence-electron chi connectivity index (χ1n) is 5.49. The minimum Gasteiger partial charge on any atom is -0.385 e. The highest BCUT2D eigenvalue weighted by molar-refractivity contribution is 6.80. The lowest BCUT2D eigenvalue weighted by molar-refractivity contribution is 0.218. The highest BCUT2D eigenvalue weighted by atomic mass is 28.3. The Balaban J connectivity index is 2.95. The SMILES string of the molecule is C=CC(O)(/C=C/c1ccccc1)[Si](C)(C)C. The van der Waals surface area contributed by atoms with Gasteiger partial charge in [0, 0.05) is 0 Å². The highest BCUT2D eigenvalue weighted by Crippen LogP contribution is 2.24. The summed E-state index contributed by atoms with van der Waals surface area (Å²) in [4.78, 5) is 0. The van der Waals surface area contributed by atoms with Crippen LogP contribution in [-0.4, -0.2) is 18.4 Å². The third kappa shape index (κ3) is 2.94. The van der Waals surface area contributed by atoms with Crippen LogP contribution >= 0.6 is 0 Å². The van der Waals surface area contributed by atoms with Crippen molar-refractivity contribution in [2.75, 3.05) is 0 Å². The van der Waals surface area contributed by atoms with Crippen molar-refractivity contribution in [3.8, 4) is 0 Å². The fraction of sp³-hybridized carbons (Fsp3) is 0.286. The fourth-order valence-corrected chi connectivity index (χ4v) is 2.61. The number of hydrogen-bond acceptors (Lipinski definition) is 1. The standard InChI is InChI=1S/C14H20OSi/c1-5-14(15,16(2,3)4)12-11-13-9-7-6-8-10-13/h5-12,15H,1H2,2-4H3/b12-11+. The molecule has 0 saturated heterocycles. The van der Waals surface area contributed by atoms with Crippen molar-refractivity contribution in [2.45, 2.75) is 24.9 Å². The van der Waals surface area contributed by atoms with Gasteiger partial charge in [-0.3, -0.25) is 0 Å². The normalized spacial score (nSPS) is 16.0. The van der Waals surface area contributed by atoms with Crippen LogP contribution in [0.25, 0.3) is 6.08 Å². The monoisotopic (exact) mass is 232 g/mol. The number of aliphatic hydroxyl groups is 1. The molecule has 1 aromatic carbocycles. The molecule has 0 aliphatic rings. The Morgan fingerprint density at radius 2 is 1.75 bits per heavy atom. The van der Waals surface area contributed by atoms with Gasteiger partial charge in [0.1, 0.15) is 0 Å². The second-order valence-corrected chi connectivity index (χ2v) is 10.3. The Morgan fingerprint density at radius 3 is 2.19 bits per heavy atom. The molecule has 0 radical (unpaired) electrons. The summed E-state index contributed by atoms with van der Waals surface area (Å²) >= 11 is 0. The molecule has 0 fully saturated rings. The summed E-state index contributed by atoms with van der Waals surface area (Å²) < 4.78 is 0. The molecule has 1 rings (SSSR count). The third-order valence-corrected chi connectivity index (χ3v) is 5.62. The Hall–Kier alpha value is -1.12. The van der Waals surface area contributed by atoms with Gasteiger partial charge in [-0.15, -0.1) is 6.58 Å². The van der Waals surface area contributed by atoms with Gasteiger partial charge in [0.25, 0.3) is 0 Å². The molecule has 0 aromatic heterocycles. The molecule has 0 amide bonds. The first kappa shape index (κ1) is 12.9. The molecule has 0 bridgehead atoms. The molecule has 0 aliphatic carbocycles. The van der Waals surface area contributed by atoms with E-state index in [1.165, 1.54) is 0 Å². The van der Waals surface area contributed by atoms with Gasteiger partial charge < -0.3 is 5.11 Å². The molecule has 1 aromatic rings. The first-order valence-corrected chi connectivity index (χ1v) is 8.99. The van der Waals surface area contributed by atoms with E-state index >= 15 is 0 Å². The van der Waals surface area contributed by atoms with Gasteiger partial charge in [-0.05, 0) is 5.56 Å². The van der Waals surface area contributed by atoms with Crippen LogP contribution in [0, 0.1) is 0 Å². The van der Waals surface area contributed by atoms with E-state index in [1.807, 2.05) is 42.5 Å². The maximum absolute atomic E-state index is 10.5. The Bertz CT molecular complexity index is 375. The lowest BCUT2D eigenvalue weighted by Gasteiger charge is -2.33. The van der Waals surface area contributed by atoms with Crippen LogP contribution < -0.4 is 0 Å². The topological polar surface area (TPSA) is 20.2 Å². The van der Waals surface area contributed by atoms with E-state index in [0.717, 1.165) is 5.56 Å². The molecule has 1 N–H and O–H groups in total. The van der Waals surface area contributed by atoms with Crippen molar-refractivity contribution in [1.82, 2.24) is 0 Å². The molecule has 1 unspecified atom stereocenters. The summed E-state index contributed by atoms with van der Waals surface area (Å²) in [5, 5.41) is 9.63. The first-order chi connectivity index (χ1) is 7.39. The molecule has 0 saturated carbocycles. The van der Waals surface area contributed by atoms with E-state index in [9.17, 15) is 5.11 Å². The van der Waals surface area contributed by atoms with Gasteiger partial charge in [0.05, 0.1) is 13.3 Å². The Morgan fingerprint density at radius 1 is 1.19 bits per heavy atom. The lowest BCUT2D eigenvalue weighted by atomic mass is 10.2. The zero-order chi connectivity index (χ0) is 12.2. The van der Waals surface area contributed by atoms with Crippen LogP contribution in [0.2, 0.25) is 19.6 Å². The molecule has 0 heterocycles. The predicted octanol–water partition coefficient (Wildman–Crippen LogP) is 3.49. The van der Waals surface area contributed by atoms with E-state index in [4.69, 9.17) is 0 Å². The van der Waals surface area contributed by atoms with Gasteiger partial charge in [-0.25, -0.2) is 0 Å². The van der Waals surface area contributed by atoms with Gasteiger partial charge >= 0.3 is 0 Å². The van der Waals surface area contributed by atoms with Crippen LogP contribution in [0.5, 0.6) is 0 Å². The van der Waals surface area contributed by atoms with Crippen molar-refractivity contribution in [3.05, 3.63) is 54.6 Å². The fourth-order valence-electron chi connectivity index (χ4n) is 1.41. The van der Waals surface area contributed by atoms with Crippen LogP contribution in [0.1, 0.15) is 5.56 Å². The van der Waals surface area contributed by atoms with E-state index in [1.54, 1.807) is 6.08 Å². The smallest absolute Gasteiger partial charge is 0.0920 e. The molecular weight excluding hydrogens is 212 g/mol. The second-order valence-electron chi connectivity index (χ2n) is 5.02. The molecule has 0 spiro atoms. The van der Waals surface area contributed by atoms with Crippen LogP contribution in [0.4, 0.5) is 0 Å². The van der Waals surface area contributed by atoms with E-state index in [-0.39, 0.29) is 0 Å². The average molecular weight is 232 g/mol.